The minimum absolute atomic E-state index is 0.130. The van der Waals surface area contributed by atoms with Crippen LogP contribution in [0.3, 0.4) is 0 Å². The van der Waals surface area contributed by atoms with E-state index in [1.54, 1.807) is 23.9 Å². The van der Waals surface area contributed by atoms with Crippen molar-refractivity contribution in [3.63, 3.8) is 0 Å². The number of amides is 1. The van der Waals surface area contributed by atoms with Gasteiger partial charge in [0.2, 0.25) is 11.1 Å². The number of thioether (sulfide) groups is 1. The van der Waals surface area contributed by atoms with Crippen molar-refractivity contribution in [3.8, 4) is 5.75 Å². The summed E-state index contributed by atoms with van der Waals surface area (Å²) in [7, 11) is 1.59. The van der Waals surface area contributed by atoms with Crippen molar-refractivity contribution in [3.05, 3.63) is 40.6 Å². The Kier molecular flexibility index (Phi) is 4.63. The quantitative estimate of drug-likeness (QED) is 0.835. The van der Waals surface area contributed by atoms with Gasteiger partial charge in [-0.25, -0.2) is 9.69 Å². The lowest BCUT2D eigenvalue weighted by atomic mass is 10.1. The molecule has 0 atom stereocenters. The third kappa shape index (κ3) is 2.93. The second kappa shape index (κ2) is 6.72. The van der Waals surface area contributed by atoms with Crippen LogP contribution in [0, 0.1) is 0 Å². The average Bonchev–Trinajstić information content (AvgIpc) is 3.02. The number of benzene rings is 1. The van der Waals surface area contributed by atoms with Gasteiger partial charge in [0.15, 0.2) is 11.6 Å². The lowest BCUT2D eigenvalue weighted by molar-refractivity contribution is -0.117. The van der Waals surface area contributed by atoms with Crippen LogP contribution in [-0.4, -0.2) is 33.7 Å². The number of hydrogen-bond acceptors (Lipinski definition) is 6. The molecule has 0 fully saturated rings. The van der Waals surface area contributed by atoms with E-state index < -0.39 is 0 Å². The first-order valence-electron chi connectivity index (χ1n) is 7.80. The van der Waals surface area contributed by atoms with E-state index in [0.717, 1.165) is 5.56 Å². The van der Waals surface area contributed by atoms with E-state index in [4.69, 9.17) is 4.74 Å². The van der Waals surface area contributed by atoms with Crippen LogP contribution in [0.2, 0.25) is 0 Å². The highest BCUT2D eigenvalue weighted by Crippen LogP contribution is 2.40. The zero-order valence-corrected chi connectivity index (χ0v) is 15.3. The number of methoxy groups -OCH3 is 1. The molecule has 1 aromatic heterocycles. The van der Waals surface area contributed by atoms with E-state index >= 15 is 0 Å². The summed E-state index contributed by atoms with van der Waals surface area (Å²) in [6, 6.07) is 7.25. The highest BCUT2D eigenvalue weighted by Gasteiger charge is 2.34. The molecule has 2 heterocycles. The van der Waals surface area contributed by atoms with Gasteiger partial charge < -0.3 is 4.74 Å². The number of fused-ring (bicyclic) bond motifs is 1. The fraction of sp³-hybridized carbons (Fsp3) is 0.294. The standard InChI is InChI=1S/C17H18N4O3S/c1-5-14-18-19-17-21(14)20(11(3)23)15(16(25-17)10(2)22)12-6-8-13(24-4)9-7-12/h6-9H,5H2,1-4H3. The molecule has 0 aliphatic carbocycles. The maximum atomic E-state index is 12.5. The normalized spacial score (nSPS) is 13.7. The monoisotopic (exact) mass is 358 g/mol. The largest absolute Gasteiger partial charge is 0.497 e. The fourth-order valence-corrected chi connectivity index (χ4v) is 3.64. The molecular weight excluding hydrogens is 340 g/mol. The Hall–Kier alpha value is -2.61. The van der Waals surface area contributed by atoms with Crippen LogP contribution in [-0.2, 0) is 16.0 Å². The maximum absolute atomic E-state index is 12.5. The van der Waals surface area contributed by atoms with Crippen molar-refractivity contribution in [1.29, 1.82) is 0 Å². The summed E-state index contributed by atoms with van der Waals surface area (Å²) >= 11 is 1.23. The zero-order chi connectivity index (χ0) is 18.1. The molecule has 2 aromatic rings. The Bertz CT molecular complexity index is 871. The summed E-state index contributed by atoms with van der Waals surface area (Å²) in [6.07, 6.45) is 0.614. The molecule has 0 saturated heterocycles. The predicted molar refractivity (Wildman–Crippen MR) is 94.8 cm³/mol. The number of rotatable bonds is 4. The van der Waals surface area contributed by atoms with Gasteiger partial charge in [-0.1, -0.05) is 6.92 Å². The van der Waals surface area contributed by atoms with Crippen LogP contribution < -0.4 is 9.75 Å². The average molecular weight is 358 g/mol. The highest BCUT2D eigenvalue weighted by atomic mass is 32.2. The van der Waals surface area contributed by atoms with Gasteiger partial charge in [0, 0.05) is 18.9 Å². The first-order chi connectivity index (χ1) is 12.0. The molecule has 1 aliphatic rings. The van der Waals surface area contributed by atoms with Gasteiger partial charge >= 0.3 is 0 Å². The van der Waals surface area contributed by atoms with Gasteiger partial charge in [0.1, 0.15) is 5.75 Å². The third-order valence-electron chi connectivity index (χ3n) is 3.79. The number of aryl methyl sites for hydroxylation is 1. The van der Waals surface area contributed by atoms with Crippen molar-refractivity contribution < 1.29 is 14.3 Å². The molecule has 3 rings (SSSR count). The van der Waals surface area contributed by atoms with Crippen molar-refractivity contribution in [1.82, 2.24) is 14.9 Å². The number of carbonyl (C=O) groups is 2. The van der Waals surface area contributed by atoms with E-state index in [0.29, 0.717) is 33.8 Å². The molecular formula is C17H18N4O3S. The van der Waals surface area contributed by atoms with Gasteiger partial charge in [-0.05, 0) is 43.0 Å². The summed E-state index contributed by atoms with van der Waals surface area (Å²) in [5.74, 6) is 1.01. The molecule has 1 aliphatic heterocycles. The van der Waals surface area contributed by atoms with Crippen LogP contribution >= 0.6 is 11.8 Å². The molecule has 1 aromatic carbocycles. The number of hydrogen-bond donors (Lipinski definition) is 0. The molecule has 1 amide bonds. The molecule has 0 bridgehead atoms. The Balaban J connectivity index is 2.24. The topological polar surface area (TPSA) is 77.3 Å². The third-order valence-corrected chi connectivity index (χ3v) is 4.92. The van der Waals surface area contributed by atoms with Gasteiger partial charge in [0.05, 0.1) is 17.7 Å². The van der Waals surface area contributed by atoms with E-state index in [1.165, 1.54) is 30.6 Å². The lowest BCUT2D eigenvalue weighted by Gasteiger charge is -2.32. The number of ketones is 1. The smallest absolute Gasteiger partial charge is 0.243 e. The number of carbonyl (C=O) groups excluding carboxylic acids is 2. The number of ether oxygens (including phenoxy) is 1. The molecule has 7 nitrogen and oxygen atoms in total. The Morgan fingerprint density at radius 3 is 2.36 bits per heavy atom. The van der Waals surface area contributed by atoms with Gasteiger partial charge in [-0.15, -0.1) is 10.2 Å². The van der Waals surface area contributed by atoms with Gasteiger partial charge in [-0.2, -0.15) is 0 Å². The minimum Gasteiger partial charge on any atom is -0.497 e. The first-order valence-corrected chi connectivity index (χ1v) is 8.62. The predicted octanol–water partition coefficient (Wildman–Crippen LogP) is 2.40. The van der Waals surface area contributed by atoms with Crippen LogP contribution in [0.15, 0.2) is 34.3 Å². The van der Waals surface area contributed by atoms with E-state index in [2.05, 4.69) is 10.2 Å². The van der Waals surface area contributed by atoms with E-state index in [-0.39, 0.29) is 11.7 Å². The second-order valence-electron chi connectivity index (χ2n) is 5.46. The molecule has 0 radical (unpaired) electrons. The Morgan fingerprint density at radius 2 is 1.84 bits per heavy atom. The van der Waals surface area contributed by atoms with E-state index in [9.17, 15) is 9.59 Å². The molecule has 0 N–H and O–H groups in total. The van der Waals surface area contributed by atoms with Crippen molar-refractivity contribution in [2.45, 2.75) is 32.3 Å². The lowest BCUT2D eigenvalue weighted by Crippen LogP contribution is -2.41. The summed E-state index contributed by atoms with van der Waals surface area (Å²) in [4.78, 5) is 25.2. The van der Waals surface area contributed by atoms with Crippen LogP contribution in [0.25, 0.3) is 5.70 Å². The number of allylic oxidation sites excluding steroid dienone is 1. The minimum atomic E-state index is -0.222. The van der Waals surface area contributed by atoms with Crippen molar-refractivity contribution >= 4 is 29.1 Å². The number of nitrogens with zero attached hydrogens (tertiary/aromatic N) is 4. The number of aromatic nitrogens is 3. The second-order valence-corrected chi connectivity index (χ2v) is 6.44. The van der Waals surface area contributed by atoms with E-state index in [1.807, 2.05) is 19.1 Å². The highest BCUT2D eigenvalue weighted by molar-refractivity contribution is 8.04. The summed E-state index contributed by atoms with van der Waals surface area (Å²) in [5, 5.41) is 10.2. The maximum Gasteiger partial charge on any atom is 0.243 e. The van der Waals surface area contributed by atoms with Gasteiger partial charge in [0.25, 0.3) is 0 Å². The first kappa shape index (κ1) is 17.2. The summed E-state index contributed by atoms with van der Waals surface area (Å²) < 4.78 is 6.87. The molecule has 25 heavy (non-hydrogen) atoms. The van der Waals surface area contributed by atoms with Crippen molar-refractivity contribution in [2.75, 3.05) is 12.1 Å². The van der Waals surface area contributed by atoms with Crippen LogP contribution in [0.4, 0.5) is 0 Å². The number of Topliss-reactive ketones (excluding diaryl/α,β-unsaturated/α-hetero) is 1. The SMILES string of the molecule is CCc1nnc2n1N(C(C)=O)C(c1ccc(OC)cc1)=C(C(C)=O)S2. The fourth-order valence-electron chi connectivity index (χ4n) is 2.66. The molecule has 0 saturated carbocycles. The molecule has 0 spiro atoms. The zero-order valence-electron chi connectivity index (χ0n) is 14.4. The molecule has 130 valence electrons. The molecule has 0 unspecified atom stereocenters. The summed E-state index contributed by atoms with van der Waals surface area (Å²) in [6.45, 7) is 4.88. The summed E-state index contributed by atoms with van der Waals surface area (Å²) in [5.41, 5.74) is 1.28. The van der Waals surface area contributed by atoms with Crippen LogP contribution in [0.5, 0.6) is 5.75 Å². The Morgan fingerprint density at radius 1 is 1.16 bits per heavy atom. The Labute approximate surface area is 149 Å². The van der Waals surface area contributed by atoms with Crippen LogP contribution in [0.1, 0.15) is 32.2 Å². The van der Waals surface area contributed by atoms with Gasteiger partial charge in [-0.3, -0.25) is 9.59 Å². The van der Waals surface area contributed by atoms with Crippen molar-refractivity contribution in [2.24, 2.45) is 0 Å². The molecule has 8 heteroatoms.